The lowest BCUT2D eigenvalue weighted by molar-refractivity contribution is -0.886. The van der Waals surface area contributed by atoms with Gasteiger partial charge in [0.2, 0.25) is 0 Å². The number of aliphatic carboxylic acids is 1. The molecule has 0 aromatic rings. The number of unbranched alkanes of at least 4 members (excludes halogenated alkanes) is 1. The molecule has 0 aromatic heterocycles. The van der Waals surface area contributed by atoms with Gasteiger partial charge in [-0.15, -0.1) is 0 Å². The van der Waals surface area contributed by atoms with Gasteiger partial charge in [-0.1, -0.05) is 13.3 Å². The lowest BCUT2D eigenvalue weighted by Gasteiger charge is -2.29. The second kappa shape index (κ2) is 7.60. The van der Waals surface area contributed by atoms with Gasteiger partial charge in [0.1, 0.15) is 12.6 Å². The lowest BCUT2D eigenvalue weighted by Crippen LogP contribution is -2.49. The van der Waals surface area contributed by atoms with Crippen molar-refractivity contribution in [1.82, 2.24) is 0 Å². The average molecular weight is 234 g/mol. The Kier molecular flexibility index (Phi) is 7.29. The zero-order valence-electron chi connectivity index (χ0n) is 10.5. The number of aliphatic hydroxyl groups excluding tert-OH is 1. The van der Waals surface area contributed by atoms with Gasteiger partial charge in [-0.2, -0.15) is 0 Å². The Hall–Kier alpha value is -0.650. The van der Waals surface area contributed by atoms with Crippen LogP contribution in [0.15, 0.2) is 0 Å². The number of hydrogen-bond acceptors (Lipinski definition) is 3. The molecule has 0 aliphatic heterocycles. The highest BCUT2D eigenvalue weighted by Crippen LogP contribution is 2.01. The highest BCUT2D eigenvalue weighted by atomic mass is 16.5. The van der Waals surface area contributed by atoms with E-state index >= 15 is 0 Å². The molecule has 0 aliphatic carbocycles. The predicted molar refractivity (Wildman–Crippen MR) is 61.2 cm³/mol. The van der Waals surface area contributed by atoms with E-state index in [1.165, 1.54) is 0 Å². The molecule has 0 amide bonds. The second-order valence-electron chi connectivity index (χ2n) is 4.75. The fourth-order valence-electron chi connectivity index (χ4n) is 1.52. The molecule has 0 saturated heterocycles. The first kappa shape index (κ1) is 15.3. The number of rotatable bonds is 9. The van der Waals surface area contributed by atoms with E-state index in [4.69, 9.17) is 9.84 Å². The first-order valence-electron chi connectivity index (χ1n) is 5.67. The first-order chi connectivity index (χ1) is 7.37. The Morgan fingerprint density at radius 2 is 2.06 bits per heavy atom. The number of likely N-dealkylation sites (N-methyl/N-ethyl adjacent to an activating group) is 1. The van der Waals surface area contributed by atoms with E-state index in [0.717, 1.165) is 12.8 Å². The lowest BCUT2D eigenvalue weighted by atomic mass is 10.3. The molecule has 5 nitrogen and oxygen atoms in total. The summed E-state index contributed by atoms with van der Waals surface area (Å²) in [5.41, 5.74) is 0. The highest BCUT2D eigenvalue weighted by Gasteiger charge is 2.23. The van der Waals surface area contributed by atoms with E-state index in [1.807, 2.05) is 0 Å². The van der Waals surface area contributed by atoms with Gasteiger partial charge in [-0.25, -0.2) is 4.79 Å². The maximum Gasteiger partial charge on any atom is 0.359 e. The van der Waals surface area contributed by atoms with Crippen LogP contribution in [0.5, 0.6) is 0 Å². The third-order valence-corrected chi connectivity index (χ3v) is 2.22. The zero-order chi connectivity index (χ0) is 12.6. The maximum atomic E-state index is 10.6. The van der Waals surface area contributed by atoms with Gasteiger partial charge in [0.25, 0.3) is 0 Å². The summed E-state index contributed by atoms with van der Waals surface area (Å²) < 4.78 is 5.54. The molecule has 0 heterocycles. The summed E-state index contributed by atoms with van der Waals surface area (Å²) >= 11 is 0. The molecular weight excluding hydrogens is 210 g/mol. The summed E-state index contributed by atoms with van der Waals surface area (Å²) in [5.74, 6) is -0.857. The van der Waals surface area contributed by atoms with Crippen molar-refractivity contribution in [3.05, 3.63) is 0 Å². The van der Waals surface area contributed by atoms with Gasteiger partial charge < -0.3 is 19.4 Å². The number of carbonyl (C=O) groups is 1. The van der Waals surface area contributed by atoms with Crippen molar-refractivity contribution >= 4 is 5.97 Å². The number of quaternary nitrogens is 1. The second-order valence-corrected chi connectivity index (χ2v) is 4.75. The van der Waals surface area contributed by atoms with Gasteiger partial charge in [0.05, 0.1) is 20.7 Å². The standard InChI is InChI=1S/C11H23NO4/c1-4-5-6-16-9-10(13)7-12(2,3)8-11(14)15/h10,13H,4-9H2,1-3H3/p+1. The molecule has 96 valence electrons. The molecule has 0 radical (unpaired) electrons. The molecule has 0 fully saturated rings. The summed E-state index contributed by atoms with van der Waals surface area (Å²) in [7, 11) is 3.56. The van der Waals surface area contributed by atoms with Crippen LogP contribution in [0.3, 0.4) is 0 Å². The molecule has 1 unspecified atom stereocenters. The quantitative estimate of drug-likeness (QED) is 0.445. The minimum absolute atomic E-state index is 0.00597. The molecule has 1 atom stereocenters. The smallest absolute Gasteiger partial charge is 0.359 e. The topological polar surface area (TPSA) is 66.8 Å². The van der Waals surface area contributed by atoms with Crippen LogP contribution < -0.4 is 0 Å². The number of ether oxygens (including phenoxy) is 1. The van der Waals surface area contributed by atoms with Gasteiger partial charge in [-0.3, -0.25) is 0 Å². The Balaban J connectivity index is 3.75. The Morgan fingerprint density at radius 3 is 2.56 bits per heavy atom. The number of aliphatic hydroxyl groups is 1. The molecule has 0 aromatic carbocycles. The fraction of sp³-hybridized carbons (Fsp3) is 0.909. The van der Waals surface area contributed by atoms with E-state index in [2.05, 4.69) is 6.92 Å². The Bertz CT molecular complexity index is 206. The van der Waals surface area contributed by atoms with Crippen molar-refractivity contribution in [1.29, 1.82) is 0 Å². The van der Waals surface area contributed by atoms with Crippen LogP contribution in [-0.4, -0.2) is 67.2 Å². The molecule has 0 bridgehead atoms. The van der Waals surface area contributed by atoms with Crippen molar-refractivity contribution in [2.24, 2.45) is 0 Å². The van der Waals surface area contributed by atoms with Crippen LogP contribution in [0.25, 0.3) is 0 Å². The summed E-state index contributed by atoms with van der Waals surface area (Å²) in [6.07, 6.45) is 1.45. The Morgan fingerprint density at radius 1 is 1.44 bits per heavy atom. The largest absolute Gasteiger partial charge is 0.477 e. The molecule has 0 spiro atoms. The molecular formula is C11H24NO4+. The predicted octanol–water partition coefficient (Wildman–Crippen LogP) is 0.325. The third kappa shape index (κ3) is 8.64. The molecule has 2 N–H and O–H groups in total. The zero-order valence-corrected chi connectivity index (χ0v) is 10.5. The van der Waals surface area contributed by atoms with Gasteiger partial charge >= 0.3 is 5.97 Å². The number of nitrogens with zero attached hydrogens (tertiary/aromatic N) is 1. The van der Waals surface area contributed by atoms with E-state index < -0.39 is 12.1 Å². The third-order valence-electron chi connectivity index (χ3n) is 2.22. The molecule has 5 heteroatoms. The molecule has 16 heavy (non-hydrogen) atoms. The van der Waals surface area contributed by atoms with Crippen molar-refractivity contribution < 1.29 is 24.2 Å². The van der Waals surface area contributed by atoms with Crippen LogP contribution in [0.4, 0.5) is 0 Å². The van der Waals surface area contributed by atoms with E-state index in [1.54, 1.807) is 14.1 Å². The van der Waals surface area contributed by atoms with Crippen molar-refractivity contribution in [3.8, 4) is 0 Å². The summed E-state index contributed by atoms with van der Waals surface area (Å²) in [6, 6.07) is 0. The fourth-order valence-corrected chi connectivity index (χ4v) is 1.52. The minimum atomic E-state index is -0.857. The molecule has 0 rings (SSSR count). The van der Waals surface area contributed by atoms with Gasteiger partial charge in [-0.05, 0) is 6.42 Å². The van der Waals surface area contributed by atoms with E-state index in [9.17, 15) is 9.90 Å². The maximum absolute atomic E-state index is 10.6. The van der Waals surface area contributed by atoms with Gasteiger partial charge in [0, 0.05) is 6.61 Å². The van der Waals surface area contributed by atoms with E-state index in [0.29, 0.717) is 13.2 Å². The number of carboxylic acids is 1. The summed E-state index contributed by atoms with van der Waals surface area (Å²) in [6.45, 7) is 3.40. The van der Waals surface area contributed by atoms with Crippen LogP contribution in [0, 0.1) is 0 Å². The van der Waals surface area contributed by atoms with E-state index in [-0.39, 0.29) is 17.6 Å². The summed E-state index contributed by atoms with van der Waals surface area (Å²) in [5, 5.41) is 18.3. The summed E-state index contributed by atoms with van der Waals surface area (Å²) in [4.78, 5) is 10.6. The number of hydrogen-bond donors (Lipinski definition) is 2. The van der Waals surface area contributed by atoms with Crippen LogP contribution >= 0.6 is 0 Å². The Labute approximate surface area is 97.2 Å². The normalized spacial score (nSPS) is 13.8. The minimum Gasteiger partial charge on any atom is -0.477 e. The highest BCUT2D eigenvalue weighted by molar-refractivity contribution is 5.67. The SMILES string of the molecule is CCCCOCC(O)C[N+](C)(C)CC(=O)O. The van der Waals surface area contributed by atoms with Crippen molar-refractivity contribution in [3.63, 3.8) is 0 Å². The first-order valence-corrected chi connectivity index (χ1v) is 5.67. The van der Waals surface area contributed by atoms with Crippen LogP contribution in [-0.2, 0) is 9.53 Å². The van der Waals surface area contributed by atoms with Crippen molar-refractivity contribution in [2.45, 2.75) is 25.9 Å². The monoisotopic (exact) mass is 234 g/mol. The molecule has 0 saturated carbocycles. The molecule has 0 aliphatic rings. The van der Waals surface area contributed by atoms with Crippen molar-refractivity contribution in [2.75, 3.05) is 40.4 Å². The average Bonchev–Trinajstić information content (AvgIpc) is 2.09. The van der Waals surface area contributed by atoms with Crippen LogP contribution in [0.1, 0.15) is 19.8 Å². The van der Waals surface area contributed by atoms with Gasteiger partial charge in [0.15, 0.2) is 6.54 Å². The number of carboxylic acid groups (broad SMARTS) is 1. The van der Waals surface area contributed by atoms with Crippen LogP contribution in [0.2, 0.25) is 0 Å².